The third-order valence-electron chi connectivity index (χ3n) is 3.85. The van der Waals surface area contributed by atoms with Gasteiger partial charge in [-0.1, -0.05) is 18.2 Å². The molecule has 7 heteroatoms. The molecular formula is C17H24FN3O2S. The van der Waals surface area contributed by atoms with Gasteiger partial charge in [-0.25, -0.2) is 9.18 Å². The molecule has 3 amide bonds. The van der Waals surface area contributed by atoms with Gasteiger partial charge in [0.1, 0.15) is 11.2 Å². The van der Waals surface area contributed by atoms with Crippen LogP contribution in [0.25, 0.3) is 0 Å². The zero-order valence-corrected chi connectivity index (χ0v) is 15.3. The molecule has 1 saturated heterocycles. The SMILES string of the molecule is CC(C)NC(=O)N(C)CCN1C(=O)[C@@H](C)S[C@@H]1c1ccccc1F. The fourth-order valence-electron chi connectivity index (χ4n) is 2.53. The number of carbonyl (C=O) groups is 2. The van der Waals surface area contributed by atoms with Gasteiger partial charge in [0, 0.05) is 31.7 Å². The molecule has 0 radical (unpaired) electrons. The molecule has 132 valence electrons. The lowest BCUT2D eigenvalue weighted by Gasteiger charge is -2.27. The summed E-state index contributed by atoms with van der Waals surface area (Å²) in [6.07, 6.45) is 0. The van der Waals surface area contributed by atoms with Crippen molar-refractivity contribution in [2.75, 3.05) is 20.1 Å². The number of carbonyl (C=O) groups excluding carboxylic acids is 2. The molecule has 0 bridgehead atoms. The Morgan fingerprint density at radius 1 is 1.42 bits per heavy atom. The summed E-state index contributed by atoms with van der Waals surface area (Å²) in [5.74, 6) is -0.335. The largest absolute Gasteiger partial charge is 0.336 e. The lowest BCUT2D eigenvalue weighted by molar-refractivity contribution is -0.129. The second kappa shape index (κ2) is 7.88. The van der Waals surface area contributed by atoms with E-state index in [9.17, 15) is 14.0 Å². The summed E-state index contributed by atoms with van der Waals surface area (Å²) in [7, 11) is 1.69. The van der Waals surface area contributed by atoms with E-state index in [1.165, 1.54) is 17.8 Å². The van der Waals surface area contributed by atoms with E-state index < -0.39 is 0 Å². The topological polar surface area (TPSA) is 52.7 Å². The molecule has 2 rings (SSSR count). The minimum atomic E-state index is -0.352. The number of thioether (sulfide) groups is 1. The van der Waals surface area contributed by atoms with Gasteiger partial charge in [-0.15, -0.1) is 11.8 Å². The molecule has 1 fully saturated rings. The number of likely N-dealkylation sites (N-methyl/N-ethyl adjacent to an activating group) is 1. The smallest absolute Gasteiger partial charge is 0.317 e. The van der Waals surface area contributed by atoms with Crippen molar-refractivity contribution < 1.29 is 14.0 Å². The summed E-state index contributed by atoms with van der Waals surface area (Å²) in [6.45, 7) is 6.38. The molecule has 1 aromatic rings. The summed E-state index contributed by atoms with van der Waals surface area (Å²) in [6, 6.07) is 6.39. The molecule has 5 nitrogen and oxygen atoms in total. The van der Waals surface area contributed by atoms with Crippen LogP contribution in [0.1, 0.15) is 31.7 Å². The number of amides is 3. The maximum atomic E-state index is 14.1. The van der Waals surface area contributed by atoms with Crippen molar-refractivity contribution in [1.29, 1.82) is 0 Å². The minimum absolute atomic E-state index is 0.0223. The molecule has 1 heterocycles. The number of nitrogens with zero attached hydrogens (tertiary/aromatic N) is 2. The van der Waals surface area contributed by atoms with Crippen molar-refractivity contribution in [3.05, 3.63) is 35.6 Å². The molecule has 1 N–H and O–H groups in total. The van der Waals surface area contributed by atoms with Crippen molar-refractivity contribution in [2.24, 2.45) is 0 Å². The van der Waals surface area contributed by atoms with Crippen LogP contribution < -0.4 is 5.32 Å². The highest BCUT2D eigenvalue weighted by atomic mass is 32.2. The first-order chi connectivity index (χ1) is 11.3. The van der Waals surface area contributed by atoms with Gasteiger partial charge in [0.15, 0.2) is 0 Å². The monoisotopic (exact) mass is 353 g/mol. The van der Waals surface area contributed by atoms with Crippen molar-refractivity contribution >= 4 is 23.7 Å². The summed E-state index contributed by atoms with van der Waals surface area (Å²) in [5.41, 5.74) is 0.509. The average Bonchev–Trinajstić information content (AvgIpc) is 2.80. The van der Waals surface area contributed by atoms with E-state index in [-0.39, 0.29) is 34.4 Å². The number of hydrogen-bond donors (Lipinski definition) is 1. The maximum Gasteiger partial charge on any atom is 0.317 e. The lowest BCUT2D eigenvalue weighted by atomic mass is 10.2. The first kappa shape index (κ1) is 18.6. The van der Waals surface area contributed by atoms with Gasteiger partial charge in [-0.3, -0.25) is 4.79 Å². The molecule has 0 aromatic heterocycles. The highest BCUT2D eigenvalue weighted by Gasteiger charge is 2.39. The van der Waals surface area contributed by atoms with Crippen LogP contribution >= 0.6 is 11.8 Å². The van der Waals surface area contributed by atoms with Gasteiger partial charge >= 0.3 is 6.03 Å². The van der Waals surface area contributed by atoms with Crippen LogP contribution in [0.2, 0.25) is 0 Å². The Balaban J connectivity index is 2.07. The van der Waals surface area contributed by atoms with Crippen LogP contribution in [-0.2, 0) is 4.79 Å². The van der Waals surface area contributed by atoms with Crippen molar-refractivity contribution in [1.82, 2.24) is 15.1 Å². The third kappa shape index (κ3) is 4.20. The summed E-state index contributed by atoms with van der Waals surface area (Å²) >= 11 is 1.44. The first-order valence-electron chi connectivity index (χ1n) is 8.03. The predicted molar refractivity (Wildman–Crippen MR) is 94.2 cm³/mol. The van der Waals surface area contributed by atoms with Gasteiger partial charge in [0.25, 0.3) is 0 Å². The van der Waals surface area contributed by atoms with E-state index in [4.69, 9.17) is 0 Å². The van der Waals surface area contributed by atoms with E-state index in [2.05, 4.69) is 5.32 Å². The van der Waals surface area contributed by atoms with Gasteiger partial charge in [-0.05, 0) is 26.8 Å². The van der Waals surface area contributed by atoms with E-state index >= 15 is 0 Å². The normalized spacial score (nSPS) is 20.6. The van der Waals surface area contributed by atoms with Crippen LogP contribution in [0.4, 0.5) is 9.18 Å². The van der Waals surface area contributed by atoms with Gasteiger partial charge in [-0.2, -0.15) is 0 Å². The Morgan fingerprint density at radius 2 is 2.08 bits per heavy atom. The molecule has 0 saturated carbocycles. The van der Waals surface area contributed by atoms with Crippen molar-refractivity contribution in [2.45, 2.75) is 37.4 Å². The van der Waals surface area contributed by atoms with Crippen LogP contribution in [-0.4, -0.2) is 53.2 Å². The number of nitrogens with one attached hydrogen (secondary N) is 1. The standard InChI is InChI=1S/C17H24FN3O2S/c1-11(2)19-17(23)20(4)9-10-21-15(22)12(3)24-16(21)13-7-5-6-8-14(13)18/h5-8,11-12,16H,9-10H2,1-4H3,(H,19,23)/t12-,16-/m1/s1. The Hall–Kier alpha value is -1.76. The van der Waals surface area contributed by atoms with Crippen LogP contribution in [0.15, 0.2) is 24.3 Å². The number of hydrogen-bond acceptors (Lipinski definition) is 3. The number of rotatable bonds is 5. The summed E-state index contributed by atoms with van der Waals surface area (Å²) in [5, 5.41) is 2.24. The van der Waals surface area contributed by atoms with Gasteiger partial charge < -0.3 is 15.1 Å². The van der Waals surface area contributed by atoms with E-state index in [1.807, 2.05) is 20.8 Å². The summed E-state index contributed by atoms with van der Waals surface area (Å²) in [4.78, 5) is 27.6. The fourth-order valence-corrected chi connectivity index (χ4v) is 3.87. The third-order valence-corrected chi connectivity index (χ3v) is 5.23. The first-order valence-corrected chi connectivity index (χ1v) is 8.97. The van der Waals surface area contributed by atoms with Crippen LogP contribution in [0.5, 0.6) is 0 Å². The predicted octanol–water partition coefficient (Wildman–Crippen LogP) is 2.84. The van der Waals surface area contributed by atoms with E-state index in [0.717, 1.165) is 0 Å². The summed E-state index contributed by atoms with van der Waals surface area (Å²) < 4.78 is 14.1. The molecule has 2 atom stereocenters. The second-order valence-electron chi connectivity index (χ2n) is 6.21. The van der Waals surface area contributed by atoms with E-state index in [0.29, 0.717) is 18.7 Å². The zero-order chi connectivity index (χ0) is 17.9. The van der Waals surface area contributed by atoms with Crippen molar-refractivity contribution in [3.63, 3.8) is 0 Å². The molecular weight excluding hydrogens is 329 g/mol. The Morgan fingerprint density at radius 3 is 2.71 bits per heavy atom. The average molecular weight is 353 g/mol. The quantitative estimate of drug-likeness (QED) is 0.886. The number of urea groups is 1. The molecule has 1 aromatic carbocycles. The Kier molecular flexibility index (Phi) is 6.10. The molecule has 1 aliphatic heterocycles. The van der Waals surface area contributed by atoms with Gasteiger partial charge in [0.2, 0.25) is 5.91 Å². The Bertz CT molecular complexity index is 611. The molecule has 0 unspecified atom stereocenters. The number of benzene rings is 1. The molecule has 0 aliphatic carbocycles. The molecule has 1 aliphatic rings. The van der Waals surface area contributed by atoms with Crippen molar-refractivity contribution in [3.8, 4) is 0 Å². The maximum absolute atomic E-state index is 14.1. The zero-order valence-electron chi connectivity index (χ0n) is 14.5. The lowest BCUT2D eigenvalue weighted by Crippen LogP contribution is -2.44. The highest BCUT2D eigenvalue weighted by Crippen LogP contribution is 2.43. The van der Waals surface area contributed by atoms with Crippen LogP contribution in [0, 0.1) is 5.82 Å². The van der Waals surface area contributed by atoms with Gasteiger partial charge in [0.05, 0.1) is 5.25 Å². The van der Waals surface area contributed by atoms with Crippen LogP contribution in [0.3, 0.4) is 0 Å². The molecule has 24 heavy (non-hydrogen) atoms. The minimum Gasteiger partial charge on any atom is -0.336 e. The Labute approximate surface area is 146 Å². The van der Waals surface area contributed by atoms with E-state index in [1.54, 1.807) is 35.0 Å². The number of halogens is 1. The fraction of sp³-hybridized carbons (Fsp3) is 0.529. The molecule has 0 spiro atoms. The second-order valence-corrected chi connectivity index (χ2v) is 7.64. The highest BCUT2D eigenvalue weighted by molar-refractivity contribution is 8.01.